The molecule has 2 rings (SSSR count). The van der Waals surface area contributed by atoms with E-state index in [1.807, 2.05) is 0 Å². The first-order chi connectivity index (χ1) is 10.3. The topological polar surface area (TPSA) is 48.4 Å². The number of carbonyl (C=O) groups excluding carboxylic acids is 1. The summed E-state index contributed by atoms with van der Waals surface area (Å²) >= 11 is 5.72. The third kappa shape index (κ3) is 3.67. The smallest absolute Gasteiger partial charge is 0.464 e. The Balaban J connectivity index is 2.60. The molecule has 0 fully saturated rings. The zero-order valence-corrected chi connectivity index (χ0v) is 11.9. The fraction of sp³-hybridized carbons (Fsp3) is 0.143. The van der Waals surface area contributed by atoms with Crippen LogP contribution < -0.4 is 4.74 Å². The fourth-order valence-corrected chi connectivity index (χ4v) is 1.96. The number of halogens is 4. The van der Waals surface area contributed by atoms with Crippen molar-refractivity contribution in [2.75, 3.05) is 7.11 Å². The highest BCUT2D eigenvalue weighted by atomic mass is 35.5. The number of esters is 1. The Morgan fingerprint density at radius 1 is 1.14 bits per heavy atom. The Hall–Kier alpha value is -2.28. The first-order valence-corrected chi connectivity index (χ1v) is 6.29. The minimum Gasteiger partial charge on any atom is -0.464 e. The molecule has 0 amide bonds. The highest BCUT2D eigenvalue weighted by molar-refractivity contribution is 6.29. The maximum absolute atomic E-state index is 12.5. The van der Waals surface area contributed by atoms with Crippen LogP contribution in [-0.2, 0) is 4.74 Å². The molecule has 0 aliphatic rings. The lowest BCUT2D eigenvalue weighted by atomic mass is 10.0. The van der Waals surface area contributed by atoms with Gasteiger partial charge < -0.3 is 9.47 Å². The lowest BCUT2D eigenvalue weighted by Gasteiger charge is -2.14. The summed E-state index contributed by atoms with van der Waals surface area (Å²) in [5.74, 6) is -1.27. The van der Waals surface area contributed by atoms with Crippen molar-refractivity contribution in [3.63, 3.8) is 0 Å². The predicted molar refractivity (Wildman–Crippen MR) is 72.7 cm³/mol. The zero-order chi connectivity index (χ0) is 16.3. The molecule has 0 saturated carbocycles. The molecule has 0 saturated heterocycles. The monoisotopic (exact) mass is 331 g/mol. The molecule has 1 aromatic heterocycles. The predicted octanol–water partition coefficient (Wildman–Crippen LogP) is 4.09. The van der Waals surface area contributed by atoms with Gasteiger partial charge in [-0.05, 0) is 18.2 Å². The van der Waals surface area contributed by atoms with Crippen molar-refractivity contribution in [2.45, 2.75) is 6.36 Å². The summed E-state index contributed by atoms with van der Waals surface area (Å²) in [5, 5.41) is 0.0124. The number of para-hydroxylation sites is 1. The molecule has 1 aromatic carbocycles. The SMILES string of the molecule is COC(=O)c1nc(Cl)ccc1-c1ccccc1OC(F)(F)F. The molecule has 0 aliphatic heterocycles. The van der Waals surface area contributed by atoms with Crippen LogP contribution in [0.15, 0.2) is 36.4 Å². The van der Waals surface area contributed by atoms with Crippen LogP contribution in [0.4, 0.5) is 13.2 Å². The molecular formula is C14H9ClF3NO3. The Morgan fingerprint density at radius 2 is 1.82 bits per heavy atom. The van der Waals surface area contributed by atoms with Gasteiger partial charge in [-0.15, -0.1) is 13.2 Å². The van der Waals surface area contributed by atoms with E-state index < -0.39 is 18.1 Å². The standard InChI is InChI=1S/C14H9ClF3NO3/c1-21-13(20)12-9(6-7-11(15)19-12)8-4-2-3-5-10(8)22-14(16,17)18/h2-7H,1H3. The molecule has 0 radical (unpaired) electrons. The minimum atomic E-state index is -4.86. The lowest BCUT2D eigenvalue weighted by molar-refractivity contribution is -0.274. The Kier molecular flexibility index (Phi) is 4.56. The maximum atomic E-state index is 12.5. The van der Waals surface area contributed by atoms with Gasteiger partial charge in [0.1, 0.15) is 10.9 Å². The number of methoxy groups -OCH3 is 1. The molecule has 0 aliphatic carbocycles. The van der Waals surface area contributed by atoms with Gasteiger partial charge in [-0.3, -0.25) is 0 Å². The number of nitrogens with zero attached hydrogens (tertiary/aromatic N) is 1. The summed E-state index contributed by atoms with van der Waals surface area (Å²) in [5.41, 5.74) is -0.0336. The van der Waals surface area contributed by atoms with Crippen molar-refractivity contribution in [2.24, 2.45) is 0 Å². The summed E-state index contributed by atoms with van der Waals surface area (Å²) in [6.07, 6.45) is -4.86. The number of hydrogen-bond donors (Lipinski definition) is 0. The van der Waals surface area contributed by atoms with Gasteiger partial charge in [0.05, 0.1) is 7.11 Å². The van der Waals surface area contributed by atoms with E-state index in [0.29, 0.717) is 0 Å². The van der Waals surface area contributed by atoms with E-state index in [1.165, 1.54) is 30.3 Å². The van der Waals surface area contributed by atoms with Gasteiger partial charge in [-0.25, -0.2) is 9.78 Å². The average molecular weight is 332 g/mol. The van der Waals surface area contributed by atoms with Gasteiger partial charge in [0.25, 0.3) is 0 Å². The Bertz CT molecular complexity index is 704. The van der Waals surface area contributed by atoms with E-state index in [1.54, 1.807) is 0 Å². The van der Waals surface area contributed by atoms with E-state index in [2.05, 4.69) is 14.5 Å². The first kappa shape index (κ1) is 16.1. The van der Waals surface area contributed by atoms with Gasteiger partial charge in [-0.2, -0.15) is 0 Å². The van der Waals surface area contributed by atoms with E-state index in [4.69, 9.17) is 11.6 Å². The summed E-state index contributed by atoms with van der Waals surface area (Å²) < 4.78 is 46.0. The van der Waals surface area contributed by atoms with Crippen LogP contribution in [0.5, 0.6) is 5.75 Å². The molecule has 0 atom stereocenters. The molecule has 2 aromatic rings. The number of carbonyl (C=O) groups is 1. The highest BCUT2D eigenvalue weighted by Gasteiger charge is 2.32. The van der Waals surface area contributed by atoms with Crippen molar-refractivity contribution in [1.82, 2.24) is 4.98 Å². The van der Waals surface area contributed by atoms with Crippen LogP contribution in [0.3, 0.4) is 0 Å². The van der Waals surface area contributed by atoms with E-state index in [-0.39, 0.29) is 22.0 Å². The quantitative estimate of drug-likeness (QED) is 0.628. The molecule has 8 heteroatoms. The van der Waals surface area contributed by atoms with Crippen LogP contribution in [0.2, 0.25) is 5.15 Å². The number of benzene rings is 1. The molecule has 0 spiro atoms. The number of aromatic nitrogens is 1. The van der Waals surface area contributed by atoms with Gasteiger partial charge >= 0.3 is 12.3 Å². The molecule has 4 nitrogen and oxygen atoms in total. The first-order valence-electron chi connectivity index (χ1n) is 5.92. The lowest BCUT2D eigenvalue weighted by Crippen LogP contribution is -2.18. The summed E-state index contributed by atoms with van der Waals surface area (Å²) in [7, 11) is 1.13. The van der Waals surface area contributed by atoms with Gasteiger partial charge in [0.15, 0.2) is 5.69 Å². The number of rotatable bonds is 3. The molecule has 116 valence electrons. The van der Waals surface area contributed by atoms with E-state index >= 15 is 0 Å². The van der Waals surface area contributed by atoms with Crippen LogP contribution in [0.1, 0.15) is 10.5 Å². The number of pyridine rings is 1. The van der Waals surface area contributed by atoms with Gasteiger partial charge in [0, 0.05) is 11.1 Å². The molecule has 0 unspecified atom stereocenters. The largest absolute Gasteiger partial charge is 0.573 e. The van der Waals surface area contributed by atoms with E-state index in [0.717, 1.165) is 13.2 Å². The fourth-order valence-electron chi connectivity index (χ4n) is 1.81. The zero-order valence-electron chi connectivity index (χ0n) is 11.1. The third-order valence-electron chi connectivity index (χ3n) is 2.64. The van der Waals surface area contributed by atoms with Crippen LogP contribution >= 0.6 is 11.6 Å². The summed E-state index contributed by atoms with van der Waals surface area (Å²) in [6, 6.07) is 8.13. The van der Waals surface area contributed by atoms with Crippen molar-refractivity contribution in [1.29, 1.82) is 0 Å². The van der Waals surface area contributed by atoms with Crippen molar-refractivity contribution >= 4 is 17.6 Å². The second-order valence-corrected chi connectivity index (χ2v) is 4.45. The minimum absolute atomic E-state index is 0.0124. The second kappa shape index (κ2) is 6.23. The normalized spacial score (nSPS) is 11.1. The number of ether oxygens (including phenoxy) is 2. The third-order valence-corrected chi connectivity index (χ3v) is 2.85. The molecular weight excluding hydrogens is 323 g/mol. The highest BCUT2D eigenvalue weighted by Crippen LogP contribution is 2.35. The summed E-state index contributed by atoms with van der Waals surface area (Å²) in [6.45, 7) is 0. The van der Waals surface area contributed by atoms with Crippen molar-refractivity contribution < 1.29 is 27.4 Å². The van der Waals surface area contributed by atoms with Gasteiger partial charge in [-0.1, -0.05) is 29.8 Å². The van der Waals surface area contributed by atoms with Crippen molar-refractivity contribution in [3.05, 3.63) is 47.2 Å². The molecule has 1 heterocycles. The Labute approximate surface area is 128 Å². The van der Waals surface area contributed by atoms with Crippen LogP contribution in [-0.4, -0.2) is 24.4 Å². The summed E-state index contributed by atoms with van der Waals surface area (Å²) in [4.78, 5) is 15.6. The number of alkyl halides is 3. The van der Waals surface area contributed by atoms with Gasteiger partial charge in [0.2, 0.25) is 0 Å². The van der Waals surface area contributed by atoms with Crippen LogP contribution in [0, 0.1) is 0 Å². The average Bonchev–Trinajstić information content (AvgIpc) is 2.45. The maximum Gasteiger partial charge on any atom is 0.573 e. The molecule has 22 heavy (non-hydrogen) atoms. The molecule has 0 N–H and O–H groups in total. The van der Waals surface area contributed by atoms with Crippen LogP contribution in [0.25, 0.3) is 11.1 Å². The second-order valence-electron chi connectivity index (χ2n) is 4.07. The molecule has 0 bridgehead atoms. The number of hydrogen-bond acceptors (Lipinski definition) is 4. The Morgan fingerprint density at radius 3 is 2.45 bits per heavy atom. The van der Waals surface area contributed by atoms with E-state index in [9.17, 15) is 18.0 Å². The van der Waals surface area contributed by atoms with Crippen molar-refractivity contribution in [3.8, 4) is 16.9 Å².